The molecule has 0 amide bonds. The van der Waals surface area contributed by atoms with Gasteiger partial charge in [0.25, 0.3) is 0 Å². The molecule has 0 heterocycles. The lowest BCUT2D eigenvalue weighted by Gasteiger charge is -2.00. The standard InChI is InChI=1S/C9H7NO2.C9H11NO2.C8H5NO2.CH4/c1-10-8-5-3-4-7(6-8)9(11)12-2;1-12-9(11)8-4-2-3-7(5-8)6-10;1-9-7-4-2-3-6(5-7)8(10)11;/h3-6H,2H3;2-5H,6,10H2,1H3;2-5H,(H,10,11);1H4. The summed E-state index contributed by atoms with van der Waals surface area (Å²) < 4.78 is 9.05. The van der Waals surface area contributed by atoms with Gasteiger partial charge in [0, 0.05) is 17.7 Å². The molecule has 0 aliphatic carbocycles. The third-order valence-corrected chi connectivity index (χ3v) is 4.20. The van der Waals surface area contributed by atoms with Gasteiger partial charge in [-0.25, -0.2) is 24.1 Å². The van der Waals surface area contributed by atoms with Crippen molar-refractivity contribution in [2.75, 3.05) is 14.2 Å². The zero-order chi connectivity index (χ0) is 26.2. The molecule has 9 nitrogen and oxygen atoms in total. The Labute approximate surface area is 210 Å². The molecular formula is C27H27N3O6. The normalized spacial score (nSPS) is 8.69. The summed E-state index contributed by atoms with van der Waals surface area (Å²) in [7, 11) is 2.67. The topological polar surface area (TPSA) is 125 Å². The number of benzene rings is 3. The summed E-state index contributed by atoms with van der Waals surface area (Å²) in [5, 5.41) is 8.50. The van der Waals surface area contributed by atoms with E-state index in [-0.39, 0.29) is 19.0 Å². The van der Waals surface area contributed by atoms with Crippen molar-refractivity contribution >= 4 is 29.3 Å². The van der Waals surface area contributed by atoms with Crippen LogP contribution in [-0.4, -0.2) is 37.2 Å². The van der Waals surface area contributed by atoms with Crippen LogP contribution in [0.15, 0.2) is 72.8 Å². The highest BCUT2D eigenvalue weighted by Crippen LogP contribution is 2.14. The Balaban J connectivity index is 0.000000504. The third-order valence-electron chi connectivity index (χ3n) is 4.20. The maximum absolute atomic E-state index is 11.0. The minimum atomic E-state index is -1.00. The first-order valence-electron chi connectivity index (χ1n) is 9.93. The van der Waals surface area contributed by atoms with Gasteiger partial charge in [0.1, 0.15) is 0 Å². The van der Waals surface area contributed by atoms with Gasteiger partial charge in [-0.1, -0.05) is 56.0 Å². The third kappa shape index (κ3) is 10.3. The molecule has 0 aromatic heterocycles. The molecule has 0 aliphatic rings. The molecule has 9 heteroatoms. The van der Waals surface area contributed by atoms with E-state index in [1.807, 2.05) is 6.07 Å². The minimum absolute atomic E-state index is 0. The van der Waals surface area contributed by atoms with Gasteiger partial charge in [0.15, 0.2) is 11.4 Å². The van der Waals surface area contributed by atoms with Crippen LogP contribution in [0, 0.1) is 13.1 Å². The second-order valence-electron chi connectivity index (χ2n) is 6.52. The average Bonchev–Trinajstić information content (AvgIpc) is 2.92. The van der Waals surface area contributed by atoms with Gasteiger partial charge in [-0.3, -0.25) is 0 Å². The Morgan fingerprint density at radius 1 is 0.778 bits per heavy atom. The van der Waals surface area contributed by atoms with E-state index < -0.39 is 11.9 Å². The molecule has 0 fully saturated rings. The van der Waals surface area contributed by atoms with Crippen molar-refractivity contribution in [3.63, 3.8) is 0 Å². The van der Waals surface area contributed by atoms with Crippen molar-refractivity contribution in [3.05, 3.63) is 118 Å². The second kappa shape index (κ2) is 16.6. The number of nitrogens with two attached hydrogens (primary N) is 1. The van der Waals surface area contributed by atoms with E-state index in [0.717, 1.165) is 5.56 Å². The Bertz CT molecular complexity index is 1260. The fourth-order valence-electron chi connectivity index (χ4n) is 2.47. The van der Waals surface area contributed by atoms with Crippen LogP contribution in [0.25, 0.3) is 9.69 Å². The van der Waals surface area contributed by atoms with Crippen LogP contribution in [0.3, 0.4) is 0 Å². The molecule has 186 valence electrons. The van der Waals surface area contributed by atoms with Crippen LogP contribution >= 0.6 is 0 Å². The highest BCUT2D eigenvalue weighted by Gasteiger charge is 2.05. The monoisotopic (exact) mass is 489 g/mol. The number of aromatic carboxylic acids is 1. The molecule has 3 rings (SSSR count). The Kier molecular flexibility index (Phi) is 14.3. The first-order chi connectivity index (χ1) is 16.8. The van der Waals surface area contributed by atoms with Gasteiger partial charge in [-0.05, 0) is 29.8 Å². The van der Waals surface area contributed by atoms with Gasteiger partial charge in [-0.2, -0.15) is 0 Å². The number of esters is 2. The Morgan fingerprint density at radius 3 is 1.61 bits per heavy atom. The summed E-state index contributed by atoms with van der Waals surface area (Å²) in [6, 6.07) is 19.4. The number of carbonyl (C=O) groups excluding carboxylic acids is 2. The molecule has 0 spiro atoms. The largest absolute Gasteiger partial charge is 0.478 e. The van der Waals surface area contributed by atoms with Crippen LogP contribution in [0.2, 0.25) is 0 Å². The van der Waals surface area contributed by atoms with E-state index in [4.69, 9.17) is 24.0 Å². The molecule has 36 heavy (non-hydrogen) atoms. The molecular weight excluding hydrogens is 462 g/mol. The van der Waals surface area contributed by atoms with Crippen molar-refractivity contribution < 1.29 is 29.0 Å². The first kappa shape index (κ1) is 31.0. The van der Waals surface area contributed by atoms with Crippen LogP contribution in [0.4, 0.5) is 11.4 Å². The maximum Gasteiger partial charge on any atom is 0.337 e. The van der Waals surface area contributed by atoms with Gasteiger partial charge in [0.2, 0.25) is 0 Å². The minimum Gasteiger partial charge on any atom is -0.478 e. The van der Waals surface area contributed by atoms with E-state index in [1.165, 1.54) is 32.4 Å². The highest BCUT2D eigenvalue weighted by molar-refractivity contribution is 5.90. The molecule has 0 radical (unpaired) electrons. The summed E-state index contributed by atoms with van der Waals surface area (Å²) in [5.41, 5.74) is 8.23. The van der Waals surface area contributed by atoms with Gasteiger partial charge >= 0.3 is 17.9 Å². The first-order valence-corrected chi connectivity index (χ1v) is 9.93. The fourth-order valence-corrected chi connectivity index (χ4v) is 2.47. The van der Waals surface area contributed by atoms with E-state index in [2.05, 4.69) is 19.2 Å². The molecule has 3 aromatic rings. The predicted octanol–water partition coefficient (Wildman–Crippen LogP) is 5.53. The van der Waals surface area contributed by atoms with Crippen LogP contribution in [-0.2, 0) is 16.0 Å². The average molecular weight is 490 g/mol. The molecule has 0 aliphatic heterocycles. The summed E-state index contributed by atoms with van der Waals surface area (Å²) in [6.45, 7) is 13.8. The molecule has 3 aromatic carbocycles. The lowest BCUT2D eigenvalue weighted by Crippen LogP contribution is -2.03. The molecule has 0 saturated carbocycles. The molecule has 0 saturated heterocycles. The summed E-state index contributed by atoms with van der Waals surface area (Å²) in [5.74, 6) is -1.75. The summed E-state index contributed by atoms with van der Waals surface area (Å²) >= 11 is 0. The quantitative estimate of drug-likeness (QED) is 0.365. The van der Waals surface area contributed by atoms with Crippen molar-refractivity contribution in [2.45, 2.75) is 14.0 Å². The smallest absolute Gasteiger partial charge is 0.337 e. The lowest BCUT2D eigenvalue weighted by atomic mass is 10.1. The number of carbonyl (C=O) groups is 3. The Hall–Kier alpha value is -4.99. The number of ether oxygens (including phenoxy) is 2. The van der Waals surface area contributed by atoms with Crippen LogP contribution < -0.4 is 5.73 Å². The summed E-state index contributed by atoms with van der Waals surface area (Å²) in [4.78, 5) is 38.6. The molecule has 0 atom stereocenters. The van der Waals surface area contributed by atoms with Crippen LogP contribution in [0.5, 0.6) is 0 Å². The van der Waals surface area contributed by atoms with Crippen molar-refractivity contribution in [2.24, 2.45) is 5.73 Å². The number of hydrogen-bond acceptors (Lipinski definition) is 6. The Morgan fingerprint density at radius 2 is 1.19 bits per heavy atom. The van der Waals surface area contributed by atoms with Gasteiger partial charge in [-0.15, -0.1) is 0 Å². The van der Waals surface area contributed by atoms with Crippen LogP contribution in [0.1, 0.15) is 44.1 Å². The number of nitrogens with zero attached hydrogens (tertiary/aromatic N) is 2. The number of hydrogen-bond donors (Lipinski definition) is 2. The van der Waals surface area contributed by atoms with E-state index in [1.54, 1.807) is 48.5 Å². The zero-order valence-corrected chi connectivity index (χ0v) is 19.1. The lowest BCUT2D eigenvalue weighted by molar-refractivity contribution is 0.0592. The molecule has 0 unspecified atom stereocenters. The predicted molar refractivity (Wildman–Crippen MR) is 136 cm³/mol. The second-order valence-corrected chi connectivity index (χ2v) is 6.52. The van der Waals surface area contributed by atoms with Gasteiger partial charge < -0.3 is 20.3 Å². The fraction of sp³-hybridized carbons (Fsp3) is 0.148. The highest BCUT2D eigenvalue weighted by atomic mass is 16.5. The number of carboxylic acids is 1. The van der Waals surface area contributed by atoms with Crippen molar-refractivity contribution in [1.82, 2.24) is 0 Å². The van der Waals surface area contributed by atoms with E-state index >= 15 is 0 Å². The van der Waals surface area contributed by atoms with E-state index in [0.29, 0.717) is 29.0 Å². The number of rotatable bonds is 4. The summed E-state index contributed by atoms with van der Waals surface area (Å²) in [6.07, 6.45) is 0. The van der Waals surface area contributed by atoms with E-state index in [9.17, 15) is 14.4 Å². The molecule has 0 bridgehead atoms. The zero-order valence-electron chi connectivity index (χ0n) is 19.1. The number of methoxy groups -OCH3 is 2. The van der Waals surface area contributed by atoms with Crippen molar-refractivity contribution in [1.29, 1.82) is 0 Å². The van der Waals surface area contributed by atoms with Crippen molar-refractivity contribution in [3.8, 4) is 0 Å². The van der Waals surface area contributed by atoms with Gasteiger partial charge in [0.05, 0.1) is 32.9 Å². The SMILES string of the molecule is C.COC(=O)c1cccc(CN)c1.[C-]#[N+]c1cccc(C(=O)O)c1.[C-]#[N+]c1cccc(C(=O)OC)c1. The number of carboxylic acid groups (broad SMARTS) is 1. The maximum atomic E-state index is 11.0. The molecule has 3 N–H and O–H groups in total.